The normalized spacial score (nSPS) is 26.5. The standard InChI is InChI=1S/C12H17FOSi/c1-14-15-8-6-11(7-9-15)10-2-4-12(13)5-3-10/h2-5,11,15H,6-9H2,1H3/t11-,15-. The van der Waals surface area contributed by atoms with Gasteiger partial charge in [0.1, 0.15) is 5.82 Å². The van der Waals surface area contributed by atoms with E-state index in [1.54, 1.807) is 12.1 Å². The van der Waals surface area contributed by atoms with Crippen LogP contribution in [0.4, 0.5) is 4.39 Å². The highest BCUT2D eigenvalue weighted by molar-refractivity contribution is 6.52. The number of benzene rings is 1. The maximum Gasteiger partial charge on any atom is 0.176 e. The quantitative estimate of drug-likeness (QED) is 0.702. The Morgan fingerprint density at radius 1 is 1.20 bits per heavy atom. The molecule has 0 atom stereocenters. The van der Waals surface area contributed by atoms with Crippen molar-refractivity contribution in [2.75, 3.05) is 7.11 Å². The summed E-state index contributed by atoms with van der Waals surface area (Å²) in [4.78, 5) is 0. The van der Waals surface area contributed by atoms with E-state index in [0.717, 1.165) is 0 Å². The van der Waals surface area contributed by atoms with Gasteiger partial charge in [0, 0.05) is 7.11 Å². The zero-order valence-corrected chi connectivity index (χ0v) is 10.2. The lowest BCUT2D eigenvalue weighted by atomic mass is 9.93. The topological polar surface area (TPSA) is 9.23 Å². The first-order chi connectivity index (χ1) is 7.29. The molecular weight excluding hydrogens is 207 g/mol. The number of hydrogen-bond acceptors (Lipinski definition) is 1. The Kier molecular flexibility index (Phi) is 3.54. The molecule has 1 fully saturated rings. The fourth-order valence-electron chi connectivity index (χ4n) is 2.37. The van der Waals surface area contributed by atoms with Crippen molar-refractivity contribution in [1.29, 1.82) is 0 Å². The Hall–Kier alpha value is -0.673. The first-order valence-electron chi connectivity index (χ1n) is 5.58. The molecule has 0 N–H and O–H groups in total. The average Bonchev–Trinajstić information content (AvgIpc) is 2.30. The Morgan fingerprint density at radius 3 is 2.33 bits per heavy atom. The zero-order chi connectivity index (χ0) is 10.7. The van der Waals surface area contributed by atoms with Crippen molar-refractivity contribution in [3.8, 4) is 0 Å². The van der Waals surface area contributed by atoms with Crippen LogP contribution in [0.5, 0.6) is 0 Å². The van der Waals surface area contributed by atoms with E-state index in [1.807, 2.05) is 19.2 Å². The smallest absolute Gasteiger partial charge is 0.176 e. The third kappa shape index (κ3) is 2.67. The Labute approximate surface area is 92.0 Å². The van der Waals surface area contributed by atoms with Gasteiger partial charge in [-0.2, -0.15) is 0 Å². The van der Waals surface area contributed by atoms with Gasteiger partial charge in [0.2, 0.25) is 0 Å². The Balaban J connectivity index is 1.98. The van der Waals surface area contributed by atoms with Crippen LogP contribution < -0.4 is 0 Å². The lowest BCUT2D eigenvalue weighted by Gasteiger charge is -2.26. The van der Waals surface area contributed by atoms with Gasteiger partial charge in [-0.05, 0) is 48.5 Å². The van der Waals surface area contributed by atoms with Crippen LogP contribution in [0.25, 0.3) is 0 Å². The molecule has 1 aliphatic heterocycles. The molecule has 1 aliphatic rings. The van der Waals surface area contributed by atoms with Crippen LogP contribution in [0, 0.1) is 5.82 Å². The summed E-state index contributed by atoms with van der Waals surface area (Å²) in [5, 5.41) is 0. The molecule has 15 heavy (non-hydrogen) atoms. The molecule has 0 radical (unpaired) electrons. The van der Waals surface area contributed by atoms with Gasteiger partial charge in [0.05, 0.1) is 0 Å². The van der Waals surface area contributed by atoms with Gasteiger partial charge in [0.15, 0.2) is 9.04 Å². The Bertz CT molecular complexity index is 304. The first-order valence-corrected chi connectivity index (χ1v) is 7.68. The highest BCUT2D eigenvalue weighted by Crippen LogP contribution is 2.33. The number of halogens is 1. The van der Waals surface area contributed by atoms with Gasteiger partial charge in [-0.1, -0.05) is 12.1 Å². The molecule has 0 aromatic heterocycles. The summed E-state index contributed by atoms with van der Waals surface area (Å²) < 4.78 is 18.2. The molecule has 3 heteroatoms. The molecular formula is C12H17FOSi. The van der Waals surface area contributed by atoms with Gasteiger partial charge in [-0.25, -0.2) is 4.39 Å². The summed E-state index contributed by atoms with van der Waals surface area (Å²) in [5.41, 5.74) is 1.29. The molecule has 0 bridgehead atoms. The van der Waals surface area contributed by atoms with Crippen LogP contribution in [0.2, 0.25) is 12.1 Å². The van der Waals surface area contributed by atoms with Gasteiger partial charge >= 0.3 is 0 Å². The van der Waals surface area contributed by atoms with Crippen LogP contribution in [0.1, 0.15) is 24.3 Å². The van der Waals surface area contributed by atoms with E-state index >= 15 is 0 Å². The van der Waals surface area contributed by atoms with Gasteiger partial charge in [-0.15, -0.1) is 0 Å². The third-order valence-corrected chi connectivity index (χ3v) is 5.97. The van der Waals surface area contributed by atoms with E-state index in [2.05, 4.69) is 0 Å². The van der Waals surface area contributed by atoms with Crippen LogP contribution >= 0.6 is 0 Å². The van der Waals surface area contributed by atoms with Crippen molar-refractivity contribution in [3.63, 3.8) is 0 Å². The molecule has 1 saturated heterocycles. The Morgan fingerprint density at radius 2 is 1.80 bits per heavy atom. The maximum atomic E-state index is 12.8. The van der Waals surface area contributed by atoms with Gasteiger partial charge in [-0.3, -0.25) is 0 Å². The minimum absolute atomic E-state index is 0.140. The third-order valence-electron chi connectivity index (χ3n) is 3.35. The van der Waals surface area contributed by atoms with Crippen LogP contribution in [0.15, 0.2) is 24.3 Å². The van der Waals surface area contributed by atoms with E-state index in [-0.39, 0.29) is 5.82 Å². The molecule has 0 aliphatic carbocycles. The second kappa shape index (κ2) is 4.90. The average molecular weight is 224 g/mol. The van der Waals surface area contributed by atoms with Crippen molar-refractivity contribution in [2.45, 2.75) is 30.8 Å². The first kappa shape index (κ1) is 10.8. The SMILES string of the molecule is CO[Si@H]1CC[C@H](c2ccc(F)cc2)CC1. The van der Waals surface area contributed by atoms with E-state index in [9.17, 15) is 4.39 Å². The molecule has 1 nitrogen and oxygen atoms in total. The predicted molar refractivity (Wildman–Crippen MR) is 62.1 cm³/mol. The summed E-state index contributed by atoms with van der Waals surface area (Å²) in [6.45, 7) is 0. The van der Waals surface area contributed by atoms with E-state index in [0.29, 0.717) is 5.92 Å². The minimum atomic E-state index is -0.851. The molecule has 0 saturated carbocycles. The second-order valence-corrected chi connectivity index (χ2v) is 7.13. The van der Waals surface area contributed by atoms with Crippen LogP contribution in [0.3, 0.4) is 0 Å². The summed E-state index contributed by atoms with van der Waals surface area (Å²) in [6.07, 6.45) is 2.44. The fourth-order valence-corrected chi connectivity index (χ4v) is 4.68. The van der Waals surface area contributed by atoms with Crippen molar-refractivity contribution in [1.82, 2.24) is 0 Å². The highest BCUT2D eigenvalue weighted by Gasteiger charge is 2.23. The molecule has 2 rings (SSSR count). The second-order valence-electron chi connectivity index (χ2n) is 4.26. The van der Waals surface area contributed by atoms with Crippen molar-refractivity contribution in [2.24, 2.45) is 0 Å². The van der Waals surface area contributed by atoms with E-state index in [1.165, 1.54) is 30.5 Å². The largest absolute Gasteiger partial charge is 0.423 e. The van der Waals surface area contributed by atoms with Crippen molar-refractivity contribution in [3.05, 3.63) is 35.6 Å². The molecule has 1 aromatic rings. The molecule has 0 spiro atoms. The lowest BCUT2D eigenvalue weighted by Crippen LogP contribution is -2.22. The molecule has 0 unspecified atom stereocenters. The fraction of sp³-hybridized carbons (Fsp3) is 0.500. The molecule has 0 amide bonds. The monoisotopic (exact) mass is 224 g/mol. The van der Waals surface area contributed by atoms with E-state index in [4.69, 9.17) is 4.43 Å². The summed E-state index contributed by atoms with van der Waals surface area (Å²) >= 11 is 0. The summed E-state index contributed by atoms with van der Waals surface area (Å²) in [5.74, 6) is 0.489. The van der Waals surface area contributed by atoms with Crippen LogP contribution in [-0.2, 0) is 4.43 Å². The molecule has 1 heterocycles. The van der Waals surface area contributed by atoms with E-state index < -0.39 is 9.04 Å². The maximum absolute atomic E-state index is 12.8. The molecule has 1 aromatic carbocycles. The van der Waals surface area contributed by atoms with Crippen LogP contribution in [-0.4, -0.2) is 16.2 Å². The zero-order valence-electron chi connectivity index (χ0n) is 9.08. The lowest BCUT2D eigenvalue weighted by molar-refractivity contribution is 0.398. The van der Waals surface area contributed by atoms with Gasteiger partial charge in [0.25, 0.3) is 0 Å². The number of hydrogen-bond donors (Lipinski definition) is 0. The van der Waals surface area contributed by atoms with Crippen molar-refractivity contribution >= 4 is 9.04 Å². The summed E-state index contributed by atoms with van der Waals surface area (Å²) in [7, 11) is 0.991. The van der Waals surface area contributed by atoms with Gasteiger partial charge < -0.3 is 4.43 Å². The highest BCUT2D eigenvalue weighted by atomic mass is 28.3. The summed E-state index contributed by atoms with van der Waals surface area (Å²) in [6, 6.07) is 9.50. The number of rotatable bonds is 2. The predicted octanol–water partition coefficient (Wildman–Crippen LogP) is 3.07. The minimum Gasteiger partial charge on any atom is -0.423 e. The molecule has 82 valence electrons. The van der Waals surface area contributed by atoms with Crippen molar-refractivity contribution < 1.29 is 8.82 Å².